The van der Waals surface area contributed by atoms with E-state index in [2.05, 4.69) is 0 Å². The van der Waals surface area contributed by atoms with E-state index in [1.807, 2.05) is 6.07 Å². The third kappa shape index (κ3) is 3.16. The number of hydrogen-bond acceptors (Lipinski definition) is 5. The zero-order valence-corrected chi connectivity index (χ0v) is 12.3. The lowest BCUT2D eigenvalue weighted by Crippen LogP contribution is -2.45. The lowest BCUT2D eigenvalue weighted by Gasteiger charge is -2.29. The van der Waals surface area contributed by atoms with Crippen LogP contribution in [0, 0.1) is 11.3 Å². The number of morpholine rings is 1. The summed E-state index contributed by atoms with van der Waals surface area (Å²) >= 11 is 5.78. The molecule has 1 aliphatic heterocycles. The molecule has 1 aromatic carbocycles. The predicted molar refractivity (Wildman–Crippen MR) is 72.5 cm³/mol. The maximum absolute atomic E-state index is 12.4. The molecule has 0 saturated carbocycles. The second-order valence-electron chi connectivity index (χ2n) is 4.30. The molecule has 112 valence electrons. The maximum Gasteiger partial charge on any atom is 0.337 e. The molecule has 1 saturated heterocycles. The normalized spacial score (nSPS) is 19.9. The first-order chi connectivity index (χ1) is 9.86. The molecule has 7 nitrogen and oxygen atoms in total. The molecule has 1 fully saturated rings. The second-order valence-corrected chi connectivity index (χ2v) is 6.64. The van der Waals surface area contributed by atoms with Crippen LogP contribution in [0.5, 0.6) is 0 Å². The summed E-state index contributed by atoms with van der Waals surface area (Å²) in [5.74, 6) is -1.24. The molecule has 1 heterocycles. The van der Waals surface area contributed by atoms with Crippen molar-refractivity contribution in [3.63, 3.8) is 0 Å². The van der Waals surface area contributed by atoms with E-state index in [0.717, 1.165) is 16.4 Å². The summed E-state index contributed by atoms with van der Waals surface area (Å²) in [5.41, 5.74) is -0.174. The van der Waals surface area contributed by atoms with Crippen LogP contribution < -0.4 is 0 Å². The summed E-state index contributed by atoms with van der Waals surface area (Å²) in [4.78, 5) is 10.8. The Hall–Kier alpha value is -1.66. The Kier molecular flexibility index (Phi) is 4.49. The fourth-order valence-electron chi connectivity index (χ4n) is 1.90. The zero-order valence-electron chi connectivity index (χ0n) is 10.7. The number of aromatic carboxylic acids is 1. The maximum atomic E-state index is 12.4. The first-order valence-electron chi connectivity index (χ1n) is 5.90. The molecule has 0 aromatic heterocycles. The Morgan fingerprint density at radius 2 is 2.24 bits per heavy atom. The molecule has 9 heteroatoms. The molecule has 1 aromatic rings. The van der Waals surface area contributed by atoms with E-state index in [1.54, 1.807) is 0 Å². The minimum absolute atomic E-state index is 0.0723. The largest absolute Gasteiger partial charge is 0.478 e. The number of benzene rings is 1. The monoisotopic (exact) mass is 330 g/mol. The number of rotatable bonds is 3. The summed E-state index contributed by atoms with van der Waals surface area (Å²) in [6.07, 6.45) is -0.817. The van der Waals surface area contributed by atoms with Gasteiger partial charge in [-0.25, -0.2) is 13.2 Å². The summed E-state index contributed by atoms with van der Waals surface area (Å²) < 4.78 is 31.1. The summed E-state index contributed by atoms with van der Waals surface area (Å²) in [6, 6.07) is 5.28. The van der Waals surface area contributed by atoms with Gasteiger partial charge in [-0.2, -0.15) is 9.57 Å². The van der Waals surface area contributed by atoms with Crippen molar-refractivity contribution in [3.8, 4) is 6.07 Å². The molecule has 1 aliphatic rings. The van der Waals surface area contributed by atoms with Crippen molar-refractivity contribution in [2.45, 2.75) is 11.0 Å². The van der Waals surface area contributed by atoms with Crippen molar-refractivity contribution < 1.29 is 23.1 Å². The lowest BCUT2D eigenvalue weighted by atomic mass is 10.2. The van der Waals surface area contributed by atoms with Crippen molar-refractivity contribution >= 4 is 27.6 Å². The minimum Gasteiger partial charge on any atom is -0.478 e. The molecular weight excluding hydrogens is 320 g/mol. The van der Waals surface area contributed by atoms with Crippen LogP contribution in [0.3, 0.4) is 0 Å². The number of sulfonamides is 1. The van der Waals surface area contributed by atoms with Gasteiger partial charge in [-0.05, 0) is 18.2 Å². The third-order valence-corrected chi connectivity index (χ3v) is 5.16. The average molecular weight is 331 g/mol. The fraction of sp³-hybridized carbons (Fsp3) is 0.333. The number of carboxylic acid groups (broad SMARTS) is 1. The van der Waals surface area contributed by atoms with Crippen LogP contribution in [0.2, 0.25) is 5.02 Å². The molecule has 21 heavy (non-hydrogen) atoms. The van der Waals surface area contributed by atoms with E-state index in [4.69, 9.17) is 26.7 Å². The lowest BCUT2D eigenvalue weighted by molar-refractivity contribution is 0.0311. The van der Waals surface area contributed by atoms with Gasteiger partial charge in [0.25, 0.3) is 0 Å². The van der Waals surface area contributed by atoms with Crippen molar-refractivity contribution in [1.82, 2.24) is 4.31 Å². The SMILES string of the molecule is N#CC1CN(S(=O)(=O)c2ccc(C(=O)O)c(Cl)c2)CCO1. The molecule has 0 spiro atoms. The minimum atomic E-state index is -3.85. The van der Waals surface area contributed by atoms with Gasteiger partial charge >= 0.3 is 5.97 Å². The molecule has 0 radical (unpaired) electrons. The Balaban J connectivity index is 2.34. The average Bonchev–Trinajstić information content (AvgIpc) is 2.46. The van der Waals surface area contributed by atoms with Gasteiger partial charge in [0.15, 0.2) is 6.10 Å². The number of nitrogens with zero attached hydrogens (tertiary/aromatic N) is 2. The van der Waals surface area contributed by atoms with Gasteiger partial charge in [0.2, 0.25) is 10.0 Å². The number of hydrogen-bond donors (Lipinski definition) is 1. The van der Waals surface area contributed by atoms with E-state index in [0.29, 0.717) is 0 Å². The van der Waals surface area contributed by atoms with Gasteiger partial charge in [0.05, 0.1) is 34.7 Å². The van der Waals surface area contributed by atoms with Crippen LogP contribution in [0.25, 0.3) is 0 Å². The first-order valence-corrected chi connectivity index (χ1v) is 7.72. The Morgan fingerprint density at radius 1 is 1.52 bits per heavy atom. The van der Waals surface area contributed by atoms with Gasteiger partial charge in [-0.3, -0.25) is 0 Å². The second kappa shape index (κ2) is 5.99. The van der Waals surface area contributed by atoms with Crippen LogP contribution in [-0.2, 0) is 14.8 Å². The molecule has 0 amide bonds. The molecule has 2 rings (SSSR count). The van der Waals surface area contributed by atoms with Gasteiger partial charge in [-0.15, -0.1) is 0 Å². The van der Waals surface area contributed by atoms with Gasteiger partial charge in [0, 0.05) is 6.54 Å². The Bertz CT molecular complexity index is 713. The van der Waals surface area contributed by atoms with E-state index < -0.39 is 22.1 Å². The predicted octanol–water partition coefficient (Wildman–Crippen LogP) is 0.951. The standard InChI is InChI=1S/C12H11ClN2O5S/c13-11-5-9(1-2-10(11)12(16)17)21(18,19)15-3-4-20-8(6-14)7-15/h1-2,5,8H,3-4,7H2,(H,16,17). The smallest absolute Gasteiger partial charge is 0.337 e. The topological polar surface area (TPSA) is 108 Å². The van der Waals surface area contributed by atoms with Crippen LogP contribution in [0.15, 0.2) is 23.1 Å². The van der Waals surface area contributed by atoms with Crippen LogP contribution >= 0.6 is 11.6 Å². The highest BCUT2D eigenvalue weighted by Crippen LogP contribution is 2.24. The van der Waals surface area contributed by atoms with E-state index in [-0.39, 0.29) is 35.2 Å². The molecule has 1 unspecified atom stereocenters. The Morgan fingerprint density at radius 3 is 2.81 bits per heavy atom. The van der Waals surface area contributed by atoms with Crippen LogP contribution in [-0.4, -0.2) is 49.6 Å². The number of halogens is 1. The van der Waals surface area contributed by atoms with Crippen LogP contribution in [0.1, 0.15) is 10.4 Å². The highest BCUT2D eigenvalue weighted by atomic mass is 35.5. The molecule has 0 bridgehead atoms. The van der Waals surface area contributed by atoms with Crippen molar-refractivity contribution in [1.29, 1.82) is 5.26 Å². The molecular formula is C12H11ClN2O5S. The highest BCUT2D eigenvalue weighted by Gasteiger charge is 2.31. The zero-order chi connectivity index (χ0) is 15.6. The van der Waals surface area contributed by atoms with Gasteiger partial charge in [-0.1, -0.05) is 11.6 Å². The van der Waals surface area contributed by atoms with Crippen molar-refractivity contribution in [3.05, 3.63) is 28.8 Å². The molecule has 1 atom stereocenters. The van der Waals surface area contributed by atoms with E-state index in [1.165, 1.54) is 6.07 Å². The third-order valence-electron chi connectivity index (χ3n) is 2.98. The van der Waals surface area contributed by atoms with E-state index in [9.17, 15) is 13.2 Å². The summed E-state index contributed by atoms with van der Waals surface area (Å²) in [6.45, 7) is 0.175. The van der Waals surface area contributed by atoms with Crippen molar-refractivity contribution in [2.24, 2.45) is 0 Å². The van der Waals surface area contributed by atoms with Gasteiger partial charge < -0.3 is 9.84 Å². The van der Waals surface area contributed by atoms with Crippen LogP contribution in [0.4, 0.5) is 0 Å². The number of carbonyl (C=O) groups is 1. The highest BCUT2D eigenvalue weighted by molar-refractivity contribution is 7.89. The number of nitriles is 1. The van der Waals surface area contributed by atoms with E-state index >= 15 is 0 Å². The summed E-state index contributed by atoms with van der Waals surface area (Å²) in [7, 11) is -3.85. The quantitative estimate of drug-likeness (QED) is 0.884. The molecule has 0 aliphatic carbocycles. The number of carboxylic acids is 1. The Labute approximate surface area is 126 Å². The first kappa shape index (κ1) is 15.7. The van der Waals surface area contributed by atoms with Gasteiger partial charge in [0.1, 0.15) is 0 Å². The van der Waals surface area contributed by atoms with Crippen molar-refractivity contribution in [2.75, 3.05) is 19.7 Å². The molecule has 1 N–H and O–H groups in total. The summed E-state index contributed by atoms with van der Waals surface area (Å²) in [5, 5.41) is 17.5. The fourth-order valence-corrected chi connectivity index (χ4v) is 3.68. The number of ether oxygens (including phenoxy) is 1.